The molecule has 1 aliphatic heterocycles. The van der Waals surface area contributed by atoms with Crippen LogP contribution in [0.4, 0.5) is 30.7 Å². The second-order valence-electron chi connectivity index (χ2n) is 10.4. The first kappa shape index (κ1) is 31.9. The third-order valence-electron chi connectivity index (χ3n) is 7.44. The van der Waals surface area contributed by atoms with Crippen molar-refractivity contribution >= 4 is 15.7 Å². The Labute approximate surface area is 228 Å². The van der Waals surface area contributed by atoms with E-state index in [1.165, 1.54) is 26.1 Å². The summed E-state index contributed by atoms with van der Waals surface area (Å²) in [7, 11) is -1.93. The molecule has 0 radical (unpaired) electrons. The molecule has 0 spiro atoms. The van der Waals surface area contributed by atoms with Crippen molar-refractivity contribution in [3.05, 3.63) is 70.0 Å². The first-order chi connectivity index (χ1) is 18.3. The Morgan fingerprint density at radius 2 is 1.62 bits per heavy atom. The molecule has 1 aliphatic rings. The molecule has 0 bridgehead atoms. The topological polar surface area (TPSA) is 57.7 Å². The van der Waals surface area contributed by atoms with E-state index >= 15 is 0 Å². The van der Waals surface area contributed by atoms with Crippen LogP contribution in [0, 0.1) is 18.7 Å². The molecule has 1 saturated heterocycles. The molecular weight excluding hydrogens is 565 g/mol. The number of carbonyl (C=O) groups is 1. The molecular formula is C27H31F7N2O3S. The van der Waals surface area contributed by atoms with Gasteiger partial charge in [0.1, 0.15) is 15.7 Å². The van der Waals surface area contributed by atoms with E-state index in [1.54, 1.807) is 13.0 Å². The summed E-state index contributed by atoms with van der Waals surface area (Å²) in [6.45, 7) is 3.86. The molecule has 0 aromatic heterocycles. The van der Waals surface area contributed by atoms with Crippen molar-refractivity contribution in [3.8, 4) is 0 Å². The zero-order valence-corrected chi connectivity index (χ0v) is 23.2. The van der Waals surface area contributed by atoms with E-state index in [0.29, 0.717) is 29.8 Å². The maximum Gasteiger partial charge on any atom is 0.416 e. The van der Waals surface area contributed by atoms with E-state index in [1.807, 2.05) is 4.90 Å². The van der Waals surface area contributed by atoms with Crippen molar-refractivity contribution in [2.75, 3.05) is 38.7 Å². The highest BCUT2D eigenvalue weighted by molar-refractivity contribution is 7.90. The maximum absolute atomic E-state index is 13.8. The molecule has 13 heteroatoms. The largest absolute Gasteiger partial charge is 0.416 e. The first-order valence-corrected chi connectivity index (χ1v) is 14.6. The van der Waals surface area contributed by atoms with Crippen molar-refractivity contribution in [1.29, 1.82) is 0 Å². The Morgan fingerprint density at radius 1 is 1.05 bits per heavy atom. The van der Waals surface area contributed by atoms with Crippen LogP contribution in [-0.4, -0.2) is 62.8 Å². The number of likely N-dealkylation sites (tertiary alicyclic amines) is 1. The summed E-state index contributed by atoms with van der Waals surface area (Å²) in [5, 5.41) is 0. The summed E-state index contributed by atoms with van der Waals surface area (Å²) in [6.07, 6.45) is -8.68. The fraction of sp³-hybridized carbons (Fsp3) is 0.519. The molecule has 0 saturated carbocycles. The first-order valence-electron chi connectivity index (χ1n) is 12.5. The number of rotatable bonds is 7. The second kappa shape index (κ2) is 11.7. The van der Waals surface area contributed by atoms with Crippen molar-refractivity contribution in [3.63, 3.8) is 0 Å². The molecule has 0 unspecified atom stereocenters. The zero-order chi connectivity index (χ0) is 30.2. The summed E-state index contributed by atoms with van der Waals surface area (Å²) in [5.74, 6) is -2.31. The van der Waals surface area contributed by atoms with E-state index in [4.69, 9.17) is 0 Å². The Kier molecular flexibility index (Phi) is 9.29. The van der Waals surface area contributed by atoms with Crippen LogP contribution in [-0.2, 0) is 27.0 Å². The second-order valence-corrected chi connectivity index (χ2v) is 12.7. The van der Waals surface area contributed by atoms with Crippen LogP contribution in [0.1, 0.15) is 53.1 Å². The minimum Gasteiger partial charge on any atom is -0.339 e. The molecule has 1 heterocycles. The van der Waals surface area contributed by atoms with E-state index in [9.17, 15) is 43.9 Å². The number of halogens is 7. The number of aryl methyl sites for hydroxylation is 1. The van der Waals surface area contributed by atoms with Gasteiger partial charge in [-0.2, -0.15) is 26.3 Å². The average Bonchev–Trinajstić information content (AvgIpc) is 2.84. The summed E-state index contributed by atoms with van der Waals surface area (Å²) < 4.78 is 118. The number of benzene rings is 2. The van der Waals surface area contributed by atoms with Gasteiger partial charge in [0, 0.05) is 38.2 Å². The fourth-order valence-corrected chi connectivity index (χ4v) is 5.67. The lowest BCUT2D eigenvalue weighted by Crippen LogP contribution is -2.47. The normalized spacial score (nSPS) is 19.9. The Balaban J connectivity index is 1.95. The van der Waals surface area contributed by atoms with Gasteiger partial charge >= 0.3 is 12.4 Å². The fourth-order valence-electron chi connectivity index (χ4n) is 5.08. The zero-order valence-electron chi connectivity index (χ0n) is 22.4. The predicted molar refractivity (Wildman–Crippen MR) is 136 cm³/mol. The van der Waals surface area contributed by atoms with E-state index in [0.717, 1.165) is 11.2 Å². The molecule has 3 atom stereocenters. The smallest absolute Gasteiger partial charge is 0.339 e. The molecule has 0 aliphatic carbocycles. The molecule has 0 N–H and O–H groups in total. The number of nitrogens with zero attached hydrogens (tertiary/aromatic N) is 2. The lowest BCUT2D eigenvalue weighted by atomic mass is 9.78. The van der Waals surface area contributed by atoms with E-state index < -0.39 is 62.9 Å². The number of amides is 1. The highest BCUT2D eigenvalue weighted by Crippen LogP contribution is 2.40. The van der Waals surface area contributed by atoms with E-state index in [-0.39, 0.29) is 36.9 Å². The highest BCUT2D eigenvalue weighted by atomic mass is 32.2. The minimum absolute atomic E-state index is 0.0393. The van der Waals surface area contributed by atoms with Gasteiger partial charge in [-0.1, -0.05) is 6.07 Å². The summed E-state index contributed by atoms with van der Waals surface area (Å²) in [4.78, 5) is 16.8. The van der Waals surface area contributed by atoms with Gasteiger partial charge in [-0.15, -0.1) is 0 Å². The van der Waals surface area contributed by atoms with Gasteiger partial charge in [-0.05, 0) is 73.8 Å². The van der Waals surface area contributed by atoms with Gasteiger partial charge in [0.05, 0.1) is 22.9 Å². The van der Waals surface area contributed by atoms with Gasteiger partial charge in [-0.3, -0.25) is 4.79 Å². The molecule has 1 amide bonds. The van der Waals surface area contributed by atoms with Crippen LogP contribution in [0.15, 0.2) is 36.4 Å². The molecule has 1 fully saturated rings. The quantitative estimate of drug-likeness (QED) is 0.377. The number of sulfone groups is 1. The van der Waals surface area contributed by atoms with Crippen LogP contribution in [0.5, 0.6) is 0 Å². The molecule has 2 aromatic rings. The lowest BCUT2D eigenvalue weighted by Gasteiger charge is -2.41. The molecule has 3 rings (SSSR count). The van der Waals surface area contributed by atoms with Crippen molar-refractivity contribution in [2.24, 2.45) is 5.92 Å². The average molecular weight is 597 g/mol. The Hall–Kier alpha value is -2.67. The van der Waals surface area contributed by atoms with Crippen molar-refractivity contribution in [2.45, 2.75) is 44.6 Å². The Bertz CT molecular complexity index is 1310. The van der Waals surface area contributed by atoms with E-state index in [2.05, 4.69) is 0 Å². The van der Waals surface area contributed by atoms with Crippen LogP contribution in [0.2, 0.25) is 0 Å². The van der Waals surface area contributed by atoms with Crippen LogP contribution < -0.4 is 0 Å². The van der Waals surface area contributed by atoms with Gasteiger partial charge in [0.25, 0.3) is 0 Å². The van der Waals surface area contributed by atoms with Gasteiger partial charge in [0.2, 0.25) is 5.91 Å². The SMILES string of the molecule is Cc1cc(F)ccc1[C@H]1CN(CCS(C)(=O)=O)CC[C@@H]1C(=O)N(C)[C@@H](C)c1cc(C(F)(F)F)cc(C(F)(F)F)c1. The maximum atomic E-state index is 13.8. The predicted octanol–water partition coefficient (Wildman–Crippen LogP) is 5.84. The molecule has 222 valence electrons. The number of piperidine rings is 1. The molecule has 5 nitrogen and oxygen atoms in total. The molecule has 40 heavy (non-hydrogen) atoms. The molecule has 2 aromatic carbocycles. The highest BCUT2D eigenvalue weighted by Gasteiger charge is 2.40. The summed E-state index contributed by atoms with van der Waals surface area (Å²) in [5.41, 5.74) is -2.04. The van der Waals surface area contributed by atoms with Crippen LogP contribution >= 0.6 is 0 Å². The van der Waals surface area contributed by atoms with Crippen molar-refractivity contribution < 1.29 is 43.9 Å². The third kappa shape index (κ3) is 7.74. The number of alkyl halides is 6. The van der Waals surface area contributed by atoms with Crippen LogP contribution in [0.25, 0.3) is 0 Å². The summed E-state index contributed by atoms with van der Waals surface area (Å²) in [6, 6.07) is 4.22. The lowest BCUT2D eigenvalue weighted by molar-refractivity contribution is -0.143. The summed E-state index contributed by atoms with van der Waals surface area (Å²) >= 11 is 0. The monoisotopic (exact) mass is 596 g/mol. The third-order valence-corrected chi connectivity index (χ3v) is 8.37. The number of hydrogen-bond acceptors (Lipinski definition) is 4. The number of carbonyl (C=O) groups excluding carboxylic acids is 1. The number of hydrogen-bond donors (Lipinski definition) is 0. The van der Waals surface area contributed by atoms with Gasteiger partial charge < -0.3 is 9.80 Å². The standard InChI is InChI=1S/C27H31F7N2O3S/c1-16-11-21(28)5-6-22(16)24-15-36(9-10-40(4,38)39)8-7-23(24)25(37)35(3)17(2)18-12-19(26(29,30)31)14-20(13-18)27(32,33)34/h5-6,11-14,17,23-24H,7-10,15H2,1-4H3/t17-,23-,24+/m0/s1. The van der Waals surface area contributed by atoms with Gasteiger partial charge in [0.15, 0.2) is 0 Å². The van der Waals surface area contributed by atoms with Crippen molar-refractivity contribution in [1.82, 2.24) is 9.80 Å². The Morgan fingerprint density at radius 3 is 2.12 bits per heavy atom. The van der Waals surface area contributed by atoms with Gasteiger partial charge in [-0.25, -0.2) is 12.8 Å². The minimum atomic E-state index is -5.03. The van der Waals surface area contributed by atoms with Crippen LogP contribution in [0.3, 0.4) is 0 Å².